The summed E-state index contributed by atoms with van der Waals surface area (Å²) in [4.78, 5) is 26.7. The van der Waals surface area contributed by atoms with Crippen LogP contribution in [0.3, 0.4) is 0 Å². The van der Waals surface area contributed by atoms with E-state index in [2.05, 4.69) is 43.6 Å². The minimum absolute atomic E-state index is 0.133. The molecule has 2 aliphatic carbocycles. The van der Waals surface area contributed by atoms with Gasteiger partial charge in [-0.1, -0.05) is 60.7 Å². The average molecular weight is 1130 g/mol. The number of benzene rings is 6. The maximum atomic E-state index is 15.0. The van der Waals surface area contributed by atoms with Gasteiger partial charge in [0, 0.05) is 25.2 Å². The number of nitrogens with two attached hydrogens (primary N) is 2. The Kier molecular flexibility index (Phi) is 17.4. The predicted octanol–water partition coefficient (Wildman–Crippen LogP) is 11.4. The zero-order chi connectivity index (χ0) is 58.3. The Morgan fingerprint density at radius 1 is 0.537 bits per heavy atom. The molecule has 2 heterocycles. The van der Waals surface area contributed by atoms with Gasteiger partial charge in [-0.3, -0.25) is 9.59 Å². The Hall–Kier alpha value is -9.06. The number of nitrogens with zero attached hydrogens (tertiary/aromatic N) is 6. The molecule has 22 heteroatoms. The summed E-state index contributed by atoms with van der Waals surface area (Å²) >= 11 is 0. The van der Waals surface area contributed by atoms with Gasteiger partial charge in [-0.25, -0.2) is 18.1 Å². The van der Waals surface area contributed by atoms with Crippen LogP contribution in [0.1, 0.15) is 115 Å². The lowest BCUT2D eigenvalue weighted by atomic mass is 9.96. The van der Waals surface area contributed by atoms with E-state index in [1.165, 1.54) is 48.5 Å². The largest absolute Gasteiger partial charge is 0.435 e. The monoisotopic (exact) mass is 1120 g/mol. The molecular formula is C60H52F8N12O2. The lowest BCUT2D eigenvalue weighted by molar-refractivity contribution is -0.142. The molecule has 14 nitrogen and oxygen atoms in total. The van der Waals surface area contributed by atoms with Gasteiger partial charge in [-0.2, -0.15) is 47.1 Å². The number of nitriles is 2. The summed E-state index contributed by atoms with van der Waals surface area (Å²) < 4.78 is 113. The van der Waals surface area contributed by atoms with E-state index in [-0.39, 0.29) is 35.8 Å². The lowest BCUT2D eigenvalue weighted by Crippen LogP contribution is -2.25. The van der Waals surface area contributed by atoms with Crippen molar-refractivity contribution in [3.8, 4) is 23.5 Å². The number of nitrogens with one attached hydrogen (secondary N) is 4. The van der Waals surface area contributed by atoms with E-state index < -0.39 is 70.7 Å². The van der Waals surface area contributed by atoms with Gasteiger partial charge in [0.2, 0.25) is 0 Å². The van der Waals surface area contributed by atoms with Crippen molar-refractivity contribution in [3.63, 3.8) is 0 Å². The first-order valence-corrected chi connectivity index (χ1v) is 25.9. The number of amides is 2. The second-order valence-electron chi connectivity index (χ2n) is 19.8. The van der Waals surface area contributed by atoms with Gasteiger partial charge < -0.3 is 32.7 Å². The zero-order valence-corrected chi connectivity index (χ0v) is 43.5. The van der Waals surface area contributed by atoms with E-state index >= 15 is 0 Å². The van der Waals surface area contributed by atoms with Crippen LogP contribution in [-0.4, -0.2) is 44.5 Å². The molecule has 82 heavy (non-hydrogen) atoms. The summed E-state index contributed by atoms with van der Waals surface area (Å²) in [5.41, 5.74) is 12.9. The molecule has 8 N–H and O–H groups in total. The molecule has 10 rings (SSSR count). The minimum Gasteiger partial charge on any atom is -0.326 e. The number of alkyl halides is 6. The fraction of sp³-hybridized carbons (Fsp3) is 0.233. The maximum absolute atomic E-state index is 15.0. The van der Waals surface area contributed by atoms with Crippen LogP contribution in [0.15, 0.2) is 146 Å². The third-order valence-corrected chi connectivity index (χ3v) is 13.7. The van der Waals surface area contributed by atoms with E-state index in [0.717, 1.165) is 46.2 Å². The van der Waals surface area contributed by atoms with E-state index in [0.29, 0.717) is 70.4 Å². The highest BCUT2D eigenvalue weighted by molar-refractivity contribution is 6.04. The Bertz CT molecular complexity index is 3480. The molecule has 6 aromatic carbocycles. The number of hydrogen-bond acceptors (Lipinski definition) is 10. The number of aromatic nitrogens is 4. The van der Waals surface area contributed by atoms with Gasteiger partial charge in [0.15, 0.2) is 11.4 Å². The quantitative estimate of drug-likeness (QED) is 0.0447. The van der Waals surface area contributed by atoms with Crippen LogP contribution >= 0.6 is 0 Å². The predicted molar refractivity (Wildman–Crippen MR) is 289 cm³/mol. The Balaban J connectivity index is 0.000000198. The smallest absolute Gasteiger partial charge is 0.326 e. The van der Waals surface area contributed by atoms with Crippen LogP contribution in [0.25, 0.3) is 11.4 Å². The van der Waals surface area contributed by atoms with Crippen molar-refractivity contribution in [2.24, 2.45) is 23.3 Å². The summed E-state index contributed by atoms with van der Waals surface area (Å²) in [6.45, 7) is 1.69. The van der Waals surface area contributed by atoms with Crippen molar-refractivity contribution in [3.05, 3.63) is 225 Å². The Labute approximate surface area is 465 Å². The first-order chi connectivity index (χ1) is 39.3. The van der Waals surface area contributed by atoms with Gasteiger partial charge in [0.05, 0.1) is 58.1 Å². The molecule has 0 spiro atoms. The minimum atomic E-state index is -4.81. The van der Waals surface area contributed by atoms with E-state index in [4.69, 9.17) is 11.5 Å². The summed E-state index contributed by atoms with van der Waals surface area (Å²) in [5.74, 6) is -2.43. The lowest BCUT2D eigenvalue weighted by Gasteiger charge is -2.21. The Morgan fingerprint density at radius 3 is 1.27 bits per heavy atom. The van der Waals surface area contributed by atoms with Crippen LogP contribution < -0.4 is 32.7 Å². The van der Waals surface area contributed by atoms with Gasteiger partial charge in [-0.05, 0) is 157 Å². The second kappa shape index (κ2) is 24.8. The molecule has 2 aromatic heterocycles. The number of hydrogen-bond donors (Lipinski definition) is 6. The van der Waals surface area contributed by atoms with Crippen LogP contribution in [0.5, 0.6) is 0 Å². The first kappa shape index (κ1) is 57.6. The third kappa shape index (κ3) is 14.1. The van der Waals surface area contributed by atoms with Crippen molar-refractivity contribution >= 4 is 23.2 Å². The van der Waals surface area contributed by atoms with Crippen molar-refractivity contribution < 1.29 is 44.7 Å². The fourth-order valence-corrected chi connectivity index (χ4v) is 9.04. The van der Waals surface area contributed by atoms with Crippen molar-refractivity contribution in [1.82, 2.24) is 30.2 Å². The van der Waals surface area contributed by atoms with Crippen molar-refractivity contribution in [1.29, 1.82) is 10.5 Å². The molecule has 2 atom stereocenters. The number of halogens is 8. The summed E-state index contributed by atoms with van der Waals surface area (Å²) in [5, 5.41) is 37.8. The van der Waals surface area contributed by atoms with Gasteiger partial charge in [0.25, 0.3) is 11.8 Å². The highest BCUT2D eigenvalue weighted by Crippen LogP contribution is 2.36. The number of rotatable bonds is 18. The third-order valence-electron chi connectivity index (χ3n) is 13.7. The molecule has 0 bridgehead atoms. The highest BCUT2D eigenvalue weighted by Gasteiger charge is 2.38. The fourth-order valence-electron chi connectivity index (χ4n) is 9.04. The number of anilines is 2. The topological polar surface area (TPSA) is 218 Å². The van der Waals surface area contributed by atoms with E-state index in [1.807, 2.05) is 12.1 Å². The SMILES string of the molecule is N#Cc1cccc([C@@H](NCC2CC2)c2ccc(F)c(NC(=O)c3cc(C(F)(F)F)nn3-c3cccc(CN)c3)c2)c1.N#Cc1cccc([C@@H](NCC2CC2)c2ccc(F)c(NC(=O)c3cc(C(F)(F)F)nn3-c3cccc(CN)c3)c2)c1. The maximum Gasteiger partial charge on any atom is 0.435 e. The second-order valence-corrected chi connectivity index (χ2v) is 19.8. The molecule has 2 fully saturated rings. The van der Waals surface area contributed by atoms with E-state index in [1.54, 1.807) is 72.8 Å². The molecule has 0 radical (unpaired) electrons. The molecule has 0 unspecified atom stereocenters. The first-order valence-electron chi connectivity index (χ1n) is 25.9. The highest BCUT2D eigenvalue weighted by atomic mass is 19.4. The zero-order valence-electron chi connectivity index (χ0n) is 43.5. The number of carbonyl (C=O) groups is 2. The van der Waals surface area contributed by atoms with E-state index in [9.17, 15) is 55.2 Å². The molecule has 8 aromatic rings. The molecule has 2 saturated carbocycles. The molecule has 2 aliphatic rings. The van der Waals surface area contributed by atoms with Crippen molar-refractivity contribution in [2.45, 2.75) is 63.2 Å². The standard InChI is InChI=1S/2C30H26F4N6O/c2*31-24-10-9-22(28(37-17-18-7-8-18)21-5-1-3-19(11-21)15-35)13-25(24)38-29(41)26-14-27(30(32,33)34)39-40(26)23-6-2-4-20(12-23)16-36/h2*1-6,9-14,18,28,37H,7-8,16-17,36H2,(H,38,41)/t2*28-/m11/s1. The van der Waals surface area contributed by atoms with Gasteiger partial charge in [0.1, 0.15) is 23.0 Å². The molecule has 420 valence electrons. The van der Waals surface area contributed by atoms with Crippen LogP contribution in [0.4, 0.5) is 46.5 Å². The summed E-state index contributed by atoms with van der Waals surface area (Å²) in [7, 11) is 0. The van der Waals surface area contributed by atoms with Crippen LogP contribution in [0.2, 0.25) is 0 Å². The van der Waals surface area contributed by atoms with Crippen LogP contribution in [0, 0.1) is 46.1 Å². The van der Waals surface area contributed by atoms with Gasteiger partial charge in [-0.15, -0.1) is 0 Å². The summed E-state index contributed by atoms with van der Waals surface area (Å²) in [6.07, 6.45) is -5.21. The summed E-state index contributed by atoms with van der Waals surface area (Å²) in [6, 6.07) is 39.7. The normalized spacial score (nSPS) is 14.0. The Morgan fingerprint density at radius 2 is 0.915 bits per heavy atom. The number of carbonyl (C=O) groups excluding carboxylic acids is 2. The van der Waals surface area contributed by atoms with Crippen molar-refractivity contribution in [2.75, 3.05) is 23.7 Å². The van der Waals surface area contributed by atoms with Gasteiger partial charge >= 0.3 is 12.4 Å². The molecule has 2 amide bonds. The van der Waals surface area contributed by atoms with Crippen LogP contribution in [-0.2, 0) is 25.4 Å². The molecular weight excluding hydrogens is 1070 g/mol. The average Bonchev–Trinajstić information content (AvgIpc) is 4.56. The molecule has 0 aliphatic heterocycles. The molecule has 0 saturated heterocycles.